The monoisotopic (exact) mass is 345 g/mol. The summed E-state index contributed by atoms with van der Waals surface area (Å²) in [5, 5.41) is 16.2. The Balaban J connectivity index is 2.06. The average Bonchev–Trinajstić information content (AvgIpc) is 2.44. The number of nitrogens with one attached hydrogen (secondary N) is 1. The van der Waals surface area contributed by atoms with Crippen molar-refractivity contribution in [2.24, 2.45) is 5.41 Å². The Labute approximate surface area is 126 Å². The van der Waals surface area contributed by atoms with Crippen LogP contribution < -0.4 is 10.9 Å². The second-order valence-electron chi connectivity index (χ2n) is 5.40. The zero-order chi connectivity index (χ0) is 14.6. The van der Waals surface area contributed by atoms with Crippen molar-refractivity contribution in [1.82, 2.24) is 9.78 Å². The second-order valence-corrected chi connectivity index (χ2v) is 6.19. The van der Waals surface area contributed by atoms with E-state index in [0.29, 0.717) is 10.2 Å². The largest absolute Gasteiger partial charge is 0.394 e. The van der Waals surface area contributed by atoms with E-state index in [4.69, 9.17) is 9.84 Å². The highest BCUT2D eigenvalue weighted by atomic mass is 79.9. The second kappa shape index (κ2) is 6.69. The van der Waals surface area contributed by atoms with E-state index in [-0.39, 0.29) is 24.1 Å². The van der Waals surface area contributed by atoms with Gasteiger partial charge in [-0.15, -0.1) is 0 Å². The number of halogens is 1. The predicted molar refractivity (Wildman–Crippen MR) is 79.9 cm³/mol. The van der Waals surface area contributed by atoms with Gasteiger partial charge in [-0.2, -0.15) is 5.10 Å². The van der Waals surface area contributed by atoms with Crippen molar-refractivity contribution in [3.8, 4) is 0 Å². The molecule has 1 aromatic heterocycles. The van der Waals surface area contributed by atoms with E-state index >= 15 is 0 Å². The van der Waals surface area contributed by atoms with Gasteiger partial charge in [0.25, 0.3) is 5.56 Å². The molecule has 20 heavy (non-hydrogen) atoms. The molecule has 0 aliphatic carbocycles. The van der Waals surface area contributed by atoms with Crippen LogP contribution in [-0.2, 0) is 11.3 Å². The lowest BCUT2D eigenvalue weighted by molar-refractivity contribution is 0.0300. The summed E-state index contributed by atoms with van der Waals surface area (Å²) in [7, 11) is 0. The summed E-state index contributed by atoms with van der Waals surface area (Å²) in [6.45, 7) is 4.67. The first kappa shape index (κ1) is 15.5. The molecular weight excluding hydrogens is 326 g/mol. The smallest absolute Gasteiger partial charge is 0.283 e. The minimum Gasteiger partial charge on any atom is -0.394 e. The summed E-state index contributed by atoms with van der Waals surface area (Å²) in [6, 6.07) is 0. The molecule has 0 bridgehead atoms. The summed E-state index contributed by atoms with van der Waals surface area (Å²) < 4.78 is 7.07. The zero-order valence-electron chi connectivity index (χ0n) is 11.6. The van der Waals surface area contributed by atoms with Crippen LogP contribution in [0.1, 0.15) is 19.8 Å². The quantitative estimate of drug-likeness (QED) is 0.839. The molecule has 1 aromatic rings. The number of ether oxygens (including phenoxy) is 1. The molecule has 0 saturated carbocycles. The van der Waals surface area contributed by atoms with Gasteiger partial charge in [-0.3, -0.25) is 4.79 Å². The minimum atomic E-state index is -0.235. The Bertz CT molecular complexity index is 512. The molecule has 112 valence electrons. The topological polar surface area (TPSA) is 76.4 Å². The highest BCUT2D eigenvalue weighted by Gasteiger charge is 2.27. The summed E-state index contributed by atoms with van der Waals surface area (Å²) in [4.78, 5) is 12.0. The Morgan fingerprint density at radius 3 is 2.90 bits per heavy atom. The molecule has 0 aromatic carbocycles. The molecule has 0 amide bonds. The van der Waals surface area contributed by atoms with E-state index in [1.54, 1.807) is 6.20 Å². The van der Waals surface area contributed by atoms with Crippen LogP contribution in [0.25, 0.3) is 0 Å². The summed E-state index contributed by atoms with van der Waals surface area (Å²) in [5.41, 5.74) is 0.635. The minimum absolute atomic E-state index is 0.107. The lowest BCUT2D eigenvalue weighted by Crippen LogP contribution is -2.34. The predicted octanol–water partition coefficient (Wildman–Crippen LogP) is 1.23. The highest BCUT2D eigenvalue weighted by molar-refractivity contribution is 9.10. The van der Waals surface area contributed by atoms with Gasteiger partial charge in [-0.25, -0.2) is 4.68 Å². The number of aromatic nitrogens is 2. The van der Waals surface area contributed by atoms with Crippen molar-refractivity contribution in [2.45, 2.75) is 26.3 Å². The van der Waals surface area contributed by atoms with Gasteiger partial charge in [-0.1, -0.05) is 6.92 Å². The van der Waals surface area contributed by atoms with Crippen molar-refractivity contribution < 1.29 is 9.84 Å². The molecule has 6 nitrogen and oxygen atoms in total. The van der Waals surface area contributed by atoms with Crippen molar-refractivity contribution in [3.05, 3.63) is 21.0 Å². The molecule has 0 atom stereocenters. The molecule has 0 unspecified atom stereocenters. The molecule has 0 radical (unpaired) electrons. The van der Waals surface area contributed by atoms with Crippen molar-refractivity contribution >= 4 is 21.6 Å². The molecule has 7 heteroatoms. The van der Waals surface area contributed by atoms with Crippen LogP contribution in [0.3, 0.4) is 0 Å². The maximum absolute atomic E-state index is 12.0. The van der Waals surface area contributed by atoms with E-state index in [9.17, 15) is 4.79 Å². The zero-order valence-corrected chi connectivity index (χ0v) is 13.1. The Kier molecular flexibility index (Phi) is 5.17. The number of hydrogen-bond donors (Lipinski definition) is 2. The van der Waals surface area contributed by atoms with Crippen LogP contribution in [0.2, 0.25) is 0 Å². The third-order valence-corrected chi connectivity index (χ3v) is 4.47. The normalized spacial score (nSPS) is 17.9. The SMILES string of the molecule is CC1(CNc2cnn(CCO)c(=O)c2Br)CCOCC1. The summed E-state index contributed by atoms with van der Waals surface area (Å²) in [5.74, 6) is 0. The van der Waals surface area contributed by atoms with E-state index in [0.717, 1.165) is 32.6 Å². The van der Waals surface area contributed by atoms with Crippen molar-refractivity contribution in [1.29, 1.82) is 0 Å². The third-order valence-electron chi connectivity index (χ3n) is 3.70. The van der Waals surface area contributed by atoms with Crippen LogP contribution in [0.4, 0.5) is 5.69 Å². The number of anilines is 1. The number of nitrogens with zero attached hydrogens (tertiary/aromatic N) is 2. The lowest BCUT2D eigenvalue weighted by atomic mass is 9.82. The Morgan fingerprint density at radius 1 is 1.55 bits per heavy atom. The maximum atomic E-state index is 12.0. The van der Waals surface area contributed by atoms with E-state index in [1.165, 1.54) is 4.68 Å². The fourth-order valence-electron chi connectivity index (χ4n) is 2.19. The number of rotatable bonds is 5. The van der Waals surface area contributed by atoms with Crippen LogP contribution >= 0.6 is 15.9 Å². The molecule has 1 aliphatic rings. The van der Waals surface area contributed by atoms with E-state index in [1.807, 2.05) is 0 Å². The van der Waals surface area contributed by atoms with Crippen LogP contribution in [0.5, 0.6) is 0 Å². The van der Waals surface area contributed by atoms with Gasteiger partial charge in [0.1, 0.15) is 4.47 Å². The third kappa shape index (κ3) is 3.59. The molecule has 1 aliphatic heterocycles. The molecule has 2 heterocycles. The van der Waals surface area contributed by atoms with E-state index in [2.05, 4.69) is 33.3 Å². The Morgan fingerprint density at radius 2 is 2.25 bits per heavy atom. The molecular formula is C13H20BrN3O3. The van der Waals surface area contributed by atoms with Gasteiger partial charge >= 0.3 is 0 Å². The van der Waals surface area contributed by atoms with Gasteiger partial charge < -0.3 is 15.2 Å². The lowest BCUT2D eigenvalue weighted by Gasteiger charge is -2.34. The molecule has 2 rings (SSSR count). The molecule has 1 fully saturated rings. The number of aliphatic hydroxyl groups excluding tert-OH is 1. The fraction of sp³-hybridized carbons (Fsp3) is 0.692. The van der Waals surface area contributed by atoms with Crippen LogP contribution in [0.15, 0.2) is 15.5 Å². The van der Waals surface area contributed by atoms with Gasteiger partial charge in [-0.05, 0) is 34.2 Å². The number of hydrogen-bond acceptors (Lipinski definition) is 5. The van der Waals surface area contributed by atoms with Gasteiger partial charge in [0.2, 0.25) is 0 Å². The number of aliphatic hydroxyl groups is 1. The average molecular weight is 346 g/mol. The molecule has 1 saturated heterocycles. The van der Waals surface area contributed by atoms with Crippen molar-refractivity contribution in [2.75, 3.05) is 31.7 Å². The van der Waals surface area contributed by atoms with Crippen molar-refractivity contribution in [3.63, 3.8) is 0 Å². The Hall–Kier alpha value is -0.920. The van der Waals surface area contributed by atoms with E-state index < -0.39 is 0 Å². The highest BCUT2D eigenvalue weighted by Crippen LogP contribution is 2.30. The van der Waals surface area contributed by atoms with Gasteiger partial charge in [0, 0.05) is 19.8 Å². The first-order valence-electron chi connectivity index (χ1n) is 6.74. The van der Waals surface area contributed by atoms with Crippen LogP contribution in [0, 0.1) is 5.41 Å². The van der Waals surface area contributed by atoms with Gasteiger partial charge in [0.15, 0.2) is 0 Å². The van der Waals surface area contributed by atoms with Crippen LogP contribution in [-0.4, -0.2) is 41.3 Å². The summed E-state index contributed by atoms with van der Waals surface area (Å²) >= 11 is 3.30. The maximum Gasteiger partial charge on any atom is 0.283 e. The van der Waals surface area contributed by atoms with Gasteiger partial charge in [0.05, 0.1) is 25.0 Å². The molecule has 0 spiro atoms. The molecule has 2 N–H and O–H groups in total. The fourth-order valence-corrected chi connectivity index (χ4v) is 2.64. The standard InChI is InChI=1S/C13H20BrN3O3/c1-13(2-6-20-7-3-13)9-15-10-8-16-17(4-5-18)12(19)11(10)14/h8,15,18H,2-7,9H2,1H3. The summed E-state index contributed by atoms with van der Waals surface area (Å²) in [6.07, 6.45) is 3.63. The first-order chi connectivity index (χ1) is 9.56. The first-order valence-corrected chi connectivity index (χ1v) is 7.53.